The lowest BCUT2D eigenvalue weighted by Gasteiger charge is -2.20. The second kappa shape index (κ2) is 5.36. The van der Waals surface area contributed by atoms with Crippen LogP contribution in [0.4, 0.5) is 10.1 Å². The van der Waals surface area contributed by atoms with Gasteiger partial charge < -0.3 is 15.0 Å². The van der Waals surface area contributed by atoms with E-state index >= 15 is 0 Å². The summed E-state index contributed by atoms with van der Waals surface area (Å²) in [6.45, 7) is 4.80. The van der Waals surface area contributed by atoms with Gasteiger partial charge in [0.2, 0.25) is 0 Å². The first kappa shape index (κ1) is 12.2. The summed E-state index contributed by atoms with van der Waals surface area (Å²) in [7, 11) is 1.60. The minimum atomic E-state index is -0.178. The standard InChI is InChI=1S/C13H19FN2O/c1-3-15-10-6-7-16(9-10)13-8-11(17-2)4-5-12(13)14/h4-5,8,10,15H,3,6-7,9H2,1-2H3. The van der Waals surface area contributed by atoms with Crippen LogP contribution in [0.1, 0.15) is 13.3 Å². The third-order valence-electron chi connectivity index (χ3n) is 3.18. The number of ether oxygens (including phenoxy) is 1. The van der Waals surface area contributed by atoms with Crippen molar-refractivity contribution in [2.75, 3.05) is 31.6 Å². The Morgan fingerprint density at radius 3 is 3.06 bits per heavy atom. The molecule has 0 saturated carbocycles. The highest BCUT2D eigenvalue weighted by atomic mass is 19.1. The van der Waals surface area contributed by atoms with Gasteiger partial charge in [-0.05, 0) is 25.1 Å². The van der Waals surface area contributed by atoms with Gasteiger partial charge in [-0.3, -0.25) is 0 Å². The highest BCUT2D eigenvalue weighted by molar-refractivity contribution is 5.53. The van der Waals surface area contributed by atoms with Crippen molar-refractivity contribution in [3.05, 3.63) is 24.0 Å². The predicted octanol–water partition coefficient (Wildman–Crippen LogP) is 2.02. The number of hydrogen-bond acceptors (Lipinski definition) is 3. The molecule has 1 heterocycles. The molecular formula is C13H19FN2O. The second-order valence-electron chi connectivity index (χ2n) is 4.31. The molecule has 0 radical (unpaired) electrons. The van der Waals surface area contributed by atoms with Crippen molar-refractivity contribution in [3.8, 4) is 5.75 Å². The normalized spacial score (nSPS) is 19.7. The molecule has 0 spiro atoms. The largest absolute Gasteiger partial charge is 0.497 e. The van der Waals surface area contributed by atoms with Crippen LogP contribution in [0.3, 0.4) is 0 Å². The monoisotopic (exact) mass is 238 g/mol. The molecule has 94 valence electrons. The highest BCUT2D eigenvalue weighted by Gasteiger charge is 2.23. The van der Waals surface area contributed by atoms with Gasteiger partial charge in [-0.15, -0.1) is 0 Å². The maximum absolute atomic E-state index is 13.8. The zero-order chi connectivity index (χ0) is 12.3. The van der Waals surface area contributed by atoms with Gasteiger partial charge >= 0.3 is 0 Å². The molecule has 1 aromatic carbocycles. The van der Waals surface area contributed by atoms with Crippen LogP contribution in [-0.2, 0) is 0 Å². The Balaban J connectivity index is 2.12. The van der Waals surface area contributed by atoms with Gasteiger partial charge in [0.05, 0.1) is 12.8 Å². The SMILES string of the molecule is CCNC1CCN(c2cc(OC)ccc2F)C1. The molecule has 2 rings (SSSR count). The minimum absolute atomic E-state index is 0.178. The Morgan fingerprint density at radius 1 is 1.53 bits per heavy atom. The molecule has 0 bridgehead atoms. The zero-order valence-electron chi connectivity index (χ0n) is 10.4. The average Bonchev–Trinajstić information content (AvgIpc) is 2.79. The molecule has 1 N–H and O–H groups in total. The number of nitrogens with zero attached hydrogens (tertiary/aromatic N) is 1. The Bertz CT molecular complexity index is 384. The van der Waals surface area contributed by atoms with Crippen molar-refractivity contribution in [3.63, 3.8) is 0 Å². The second-order valence-corrected chi connectivity index (χ2v) is 4.31. The Hall–Kier alpha value is -1.29. The third-order valence-corrected chi connectivity index (χ3v) is 3.18. The van der Waals surface area contributed by atoms with E-state index in [2.05, 4.69) is 17.1 Å². The van der Waals surface area contributed by atoms with Crippen molar-refractivity contribution >= 4 is 5.69 Å². The number of anilines is 1. The fourth-order valence-corrected chi connectivity index (χ4v) is 2.30. The molecule has 0 aromatic heterocycles. The number of nitrogens with one attached hydrogen (secondary N) is 1. The Morgan fingerprint density at radius 2 is 2.35 bits per heavy atom. The summed E-state index contributed by atoms with van der Waals surface area (Å²) in [5.74, 6) is 0.524. The first-order chi connectivity index (χ1) is 8.24. The average molecular weight is 238 g/mol. The summed E-state index contributed by atoms with van der Waals surface area (Å²) in [6.07, 6.45) is 1.06. The maximum Gasteiger partial charge on any atom is 0.146 e. The van der Waals surface area contributed by atoms with Gasteiger partial charge in [-0.1, -0.05) is 6.92 Å². The van der Waals surface area contributed by atoms with Crippen LogP contribution in [-0.4, -0.2) is 32.8 Å². The van der Waals surface area contributed by atoms with Gasteiger partial charge in [-0.25, -0.2) is 4.39 Å². The number of likely N-dealkylation sites (N-methyl/N-ethyl adjacent to an activating group) is 1. The van der Waals surface area contributed by atoms with E-state index in [9.17, 15) is 4.39 Å². The van der Waals surface area contributed by atoms with Gasteiger partial charge in [0.25, 0.3) is 0 Å². The molecule has 17 heavy (non-hydrogen) atoms. The molecule has 4 heteroatoms. The van der Waals surface area contributed by atoms with Crippen LogP contribution in [0.25, 0.3) is 0 Å². The van der Waals surface area contributed by atoms with Crippen LogP contribution in [0.2, 0.25) is 0 Å². The van der Waals surface area contributed by atoms with Crippen LogP contribution in [0.15, 0.2) is 18.2 Å². The molecule has 1 atom stereocenters. The summed E-state index contributed by atoms with van der Waals surface area (Å²) in [5.41, 5.74) is 0.643. The Labute approximate surface area is 102 Å². The summed E-state index contributed by atoms with van der Waals surface area (Å²) in [6, 6.07) is 5.35. The molecule has 1 unspecified atom stereocenters. The number of rotatable bonds is 4. The van der Waals surface area contributed by atoms with Crippen molar-refractivity contribution < 1.29 is 9.13 Å². The summed E-state index contributed by atoms with van der Waals surface area (Å²) in [5, 5.41) is 3.40. The smallest absolute Gasteiger partial charge is 0.146 e. The molecule has 3 nitrogen and oxygen atoms in total. The first-order valence-electron chi connectivity index (χ1n) is 6.06. The molecule has 1 fully saturated rings. The molecule has 1 aliphatic heterocycles. The first-order valence-corrected chi connectivity index (χ1v) is 6.06. The van der Waals surface area contributed by atoms with Crippen LogP contribution >= 0.6 is 0 Å². The van der Waals surface area contributed by atoms with Crippen molar-refractivity contribution in [1.29, 1.82) is 0 Å². The fraction of sp³-hybridized carbons (Fsp3) is 0.538. The van der Waals surface area contributed by atoms with Gasteiger partial charge in [0.1, 0.15) is 11.6 Å². The van der Waals surface area contributed by atoms with Crippen LogP contribution in [0, 0.1) is 5.82 Å². The molecule has 0 aliphatic carbocycles. The van der Waals surface area contributed by atoms with E-state index in [-0.39, 0.29) is 5.82 Å². The van der Waals surface area contributed by atoms with Gasteiger partial charge in [-0.2, -0.15) is 0 Å². The number of methoxy groups -OCH3 is 1. The molecular weight excluding hydrogens is 219 g/mol. The summed E-state index contributed by atoms with van der Waals surface area (Å²) in [4.78, 5) is 2.07. The maximum atomic E-state index is 13.8. The lowest BCUT2D eigenvalue weighted by molar-refractivity contribution is 0.413. The van der Waals surface area contributed by atoms with Crippen molar-refractivity contribution in [2.45, 2.75) is 19.4 Å². The van der Waals surface area contributed by atoms with E-state index in [0.717, 1.165) is 26.1 Å². The quantitative estimate of drug-likeness (QED) is 0.868. The zero-order valence-corrected chi connectivity index (χ0v) is 10.4. The van der Waals surface area contributed by atoms with E-state index in [1.807, 2.05) is 0 Å². The molecule has 1 saturated heterocycles. The number of halogens is 1. The van der Waals surface area contributed by atoms with E-state index in [1.54, 1.807) is 19.2 Å². The molecule has 1 aromatic rings. The summed E-state index contributed by atoms with van der Waals surface area (Å²) < 4.78 is 18.9. The highest BCUT2D eigenvalue weighted by Crippen LogP contribution is 2.27. The predicted molar refractivity (Wildman–Crippen MR) is 67.2 cm³/mol. The van der Waals surface area contributed by atoms with E-state index < -0.39 is 0 Å². The molecule has 1 aliphatic rings. The van der Waals surface area contributed by atoms with Crippen LogP contribution < -0.4 is 15.0 Å². The topological polar surface area (TPSA) is 24.5 Å². The van der Waals surface area contributed by atoms with Gasteiger partial charge in [0.15, 0.2) is 0 Å². The van der Waals surface area contributed by atoms with Gasteiger partial charge in [0, 0.05) is 25.2 Å². The lowest BCUT2D eigenvalue weighted by atomic mass is 10.2. The van der Waals surface area contributed by atoms with Crippen LogP contribution in [0.5, 0.6) is 5.75 Å². The molecule has 0 amide bonds. The van der Waals surface area contributed by atoms with E-state index in [1.165, 1.54) is 6.07 Å². The van der Waals surface area contributed by atoms with E-state index in [0.29, 0.717) is 17.5 Å². The number of hydrogen-bond donors (Lipinski definition) is 1. The third kappa shape index (κ3) is 2.69. The minimum Gasteiger partial charge on any atom is -0.497 e. The lowest BCUT2D eigenvalue weighted by Crippen LogP contribution is -2.32. The van der Waals surface area contributed by atoms with E-state index in [4.69, 9.17) is 4.74 Å². The number of benzene rings is 1. The van der Waals surface area contributed by atoms with Crippen molar-refractivity contribution in [2.24, 2.45) is 0 Å². The summed E-state index contributed by atoms with van der Waals surface area (Å²) >= 11 is 0. The fourth-order valence-electron chi connectivity index (χ4n) is 2.30. The van der Waals surface area contributed by atoms with Crippen molar-refractivity contribution in [1.82, 2.24) is 5.32 Å². The Kier molecular flexibility index (Phi) is 3.84.